The normalized spacial score (nSPS) is 14.5. The van der Waals surface area contributed by atoms with Crippen molar-refractivity contribution < 1.29 is 37.3 Å². The molecular formula is C67H116N2O7P+. The van der Waals surface area contributed by atoms with Gasteiger partial charge in [-0.25, -0.2) is 4.57 Å². The standard InChI is InChI=1S/C67H115N2O7P/c1-7-10-13-16-19-22-25-27-29-31-33-34-36-38-40-42-45-48-51-54-57-60-67(71)76-65(58-55-52-49-46-43-24-21-18-15-12-9-3)64(63-75-77(72,73)74-62-61-69(4,5)6)68-66(70)59-56-53-50-47-44-41-39-37-35-32-30-28-26-23-20-17-14-11-8-2/h10,13,19-20,22-23,27-30,33-35,37-38,40,45,48,55,58,64-65H,7-9,11-12,14-18,21,24-26,31-32,36,39,41-44,46-47,49-54,56-57,59-63H2,1-6H3,(H-,68,70,72,73)/p+1/b13-10-,22-19-,23-20-,29-27-,30-28-,34-33-,37-35-,40-38-,48-45-,58-55+. The summed E-state index contributed by atoms with van der Waals surface area (Å²) in [4.78, 5) is 37.7. The molecule has 0 spiro atoms. The molecule has 9 nitrogen and oxygen atoms in total. The van der Waals surface area contributed by atoms with Gasteiger partial charge < -0.3 is 19.4 Å². The molecular weight excluding hydrogens is 976 g/mol. The zero-order valence-corrected chi connectivity index (χ0v) is 51.1. The molecule has 0 aromatic heterocycles. The number of ether oxygens (including phenoxy) is 1. The van der Waals surface area contributed by atoms with E-state index in [4.69, 9.17) is 13.8 Å². The van der Waals surface area contributed by atoms with E-state index in [0.717, 1.165) is 128 Å². The Morgan fingerprint density at radius 1 is 0.468 bits per heavy atom. The number of carbonyl (C=O) groups is 2. The van der Waals surface area contributed by atoms with Crippen molar-refractivity contribution in [3.8, 4) is 0 Å². The highest BCUT2D eigenvalue weighted by atomic mass is 31.2. The number of phosphoric ester groups is 1. The van der Waals surface area contributed by atoms with Crippen LogP contribution in [0.1, 0.15) is 239 Å². The molecule has 0 aromatic rings. The van der Waals surface area contributed by atoms with Gasteiger partial charge in [-0.2, -0.15) is 0 Å². The molecule has 0 heterocycles. The average Bonchev–Trinajstić information content (AvgIpc) is 3.39. The van der Waals surface area contributed by atoms with E-state index in [1.54, 1.807) is 0 Å². The highest BCUT2D eigenvalue weighted by molar-refractivity contribution is 7.47. The van der Waals surface area contributed by atoms with Crippen molar-refractivity contribution in [1.82, 2.24) is 5.32 Å². The molecule has 2 N–H and O–H groups in total. The lowest BCUT2D eigenvalue weighted by molar-refractivity contribution is -0.870. The van der Waals surface area contributed by atoms with Crippen molar-refractivity contribution in [3.05, 3.63) is 122 Å². The highest BCUT2D eigenvalue weighted by Crippen LogP contribution is 2.43. The predicted octanol–water partition coefficient (Wildman–Crippen LogP) is 19.1. The lowest BCUT2D eigenvalue weighted by atomic mass is 10.1. The zero-order chi connectivity index (χ0) is 56.4. The third kappa shape index (κ3) is 56.9. The second-order valence-corrected chi connectivity index (χ2v) is 22.9. The first-order valence-electron chi connectivity index (χ1n) is 30.9. The second kappa shape index (κ2) is 55.7. The van der Waals surface area contributed by atoms with E-state index < -0.39 is 20.0 Å². The van der Waals surface area contributed by atoms with E-state index in [-0.39, 0.29) is 31.5 Å². The van der Waals surface area contributed by atoms with E-state index in [1.165, 1.54) is 70.6 Å². The minimum Gasteiger partial charge on any atom is -0.456 e. The summed E-state index contributed by atoms with van der Waals surface area (Å²) in [5, 5.41) is 3.03. The van der Waals surface area contributed by atoms with Crippen molar-refractivity contribution in [3.63, 3.8) is 0 Å². The summed E-state index contributed by atoms with van der Waals surface area (Å²) in [6.45, 7) is 6.81. The van der Waals surface area contributed by atoms with E-state index in [9.17, 15) is 19.0 Å². The molecule has 0 aliphatic carbocycles. The minimum absolute atomic E-state index is 0.0236. The van der Waals surface area contributed by atoms with Gasteiger partial charge in [0.2, 0.25) is 5.91 Å². The van der Waals surface area contributed by atoms with Crippen LogP contribution in [0.5, 0.6) is 0 Å². The van der Waals surface area contributed by atoms with Gasteiger partial charge in [-0.3, -0.25) is 18.6 Å². The summed E-state index contributed by atoms with van der Waals surface area (Å²) >= 11 is 0. The van der Waals surface area contributed by atoms with Gasteiger partial charge in [0.15, 0.2) is 0 Å². The fourth-order valence-electron chi connectivity index (χ4n) is 8.12. The third-order valence-electron chi connectivity index (χ3n) is 12.9. The quantitative estimate of drug-likeness (QED) is 0.0205. The Labute approximate surface area is 473 Å². The van der Waals surface area contributed by atoms with Gasteiger partial charge in [0.25, 0.3) is 0 Å². The van der Waals surface area contributed by atoms with E-state index in [1.807, 2.05) is 33.3 Å². The van der Waals surface area contributed by atoms with Crippen LogP contribution in [0.2, 0.25) is 0 Å². The molecule has 0 radical (unpaired) electrons. The molecule has 10 heteroatoms. The van der Waals surface area contributed by atoms with Gasteiger partial charge in [0.1, 0.15) is 19.3 Å². The van der Waals surface area contributed by atoms with Crippen LogP contribution >= 0.6 is 7.82 Å². The van der Waals surface area contributed by atoms with E-state index >= 15 is 0 Å². The van der Waals surface area contributed by atoms with Crippen LogP contribution in [0.4, 0.5) is 0 Å². The number of hydrogen-bond donors (Lipinski definition) is 2. The molecule has 0 fully saturated rings. The average molecular weight is 1090 g/mol. The fraction of sp³-hybridized carbons (Fsp3) is 0.672. The molecule has 3 atom stereocenters. The molecule has 1 amide bonds. The predicted molar refractivity (Wildman–Crippen MR) is 332 cm³/mol. The van der Waals surface area contributed by atoms with E-state index in [0.29, 0.717) is 23.9 Å². The van der Waals surface area contributed by atoms with Crippen LogP contribution < -0.4 is 5.32 Å². The Bertz CT molecular complexity index is 1730. The maximum Gasteiger partial charge on any atom is 0.472 e. The van der Waals surface area contributed by atoms with Crippen LogP contribution in [0.25, 0.3) is 0 Å². The van der Waals surface area contributed by atoms with Crippen molar-refractivity contribution in [2.24, 2.45) is 0 Å². The molecule has 0 aliphatic heterocycles. The number of nitrogens with zero attached hydrogens (tertiary/aromatic N) is 1. The number of allylic oxidation sites excluding steroid dienone is 19. The van der Waals surface area contributed by atoms with Crippen molar-refractivity contribution >= 4 is 19.7 Å². The summed E-state index contributed by atoms with van der Waals surface area (Å²) < 4.78 is 30.6. The number of quaternary nitrogens is 1. The molecule has 0 aromatic carbocycles. The number of carbonyl (C=O) groups excluding carboxylic acids is 2. The molecule has 0 aliphatic rings. The Morgan fingerprint density at radius 2 is 0.831 bits per heavy atom. The number of phosphoric acid groups is 1. The zero-order valence-electron chi connectivity index (χ0n) is 50.2. The third-order valence-corrected chi connectivity index (χ3v) is 13.9. The molecule has 0 saturated heterocycles. The minimum atomic E-state index is -4.47. The molecule has 0 bridgehead atoms. The van der Waals surface area contributed by atoms with Gasteiger partial charge in [0, 0.05) is 12.8 Å². The summed E-state index contributed by atoms with van der Waals surface area (Å²) in [5.41, 5.74) is 0. The summed E-state index contributed by atoms with van der Waals surface area (Å²) in [6.07, 6.45) is 77.7. The molecule has 0 saturated carbocycles. The Balaban J connectivity index is 5.35. The lowest BCUT2D eigenvalue weighted by Gasteiger charge is -2.27. The molecule has 77 heavy (non-hydrogen) atoms. The number of rotatable bonds is 54. The Morgan fingerprint density at radius 3 is 1.29 bits per heavy atom. The van der Waals surface area contributed by atoms with Gasteiger partial charge in [-0.1, -0.05) is 226 Å². The Hall–Kier alpha value is -3.59. The van der Waals surface area contributed by atoms with Crippen LogP contribution in [-0.4, -0.2) is 74.3 Å². The first-order chi connectivity index (χ1) is 37.4. The number of unbranched alkanes of at least 4 members (excludes halogenated alkanes) is 20. The van der Waals surface area contributed by atoms with Crippen LogP contribution in [0.15, 0.2) is 122 Å². The van der Waals surface area contributed by atoms with Crippen LogP contribution in [-0.2, 0) is 27.9 Å². The fourth-order valence-corrected chi connectivity index (χ4v) is 8.86. The van der Waals surface area contributed by atoms with Gasteiger partial charge in [-0.05, 0) is 122 Å². The van der Waals surface area contributed by atoms with Crippen molar-refractivity contribution in [2.75, 3.05) is 40.9 Å². The largest absolute Gasteiger partial charge is 0.472 e. The van der Waals surface area contributed by atoms with Gasteiger partial charge in [0.05, 0.1) is 33.8 Å². The maximum atomic E-state index is 13.5. The summed E-state index contributed by atoms with van der Waals surface area (Å²) in [5.74, 6) is -0.579. The van der Waals surface area contributed by atoms with Gasteiger partial charge >= 0.3 is 13.8 Å². The highest BCUT2D eigenvalue weighted by Gasteiger charge is 2.30. The molecule has 440 valence electrons. The van der Waals surface area contributed by atoms with Crippen LogP contribution in [0.3, 0.4) is 0 Å². The number of amides is 1. The molecule has 0 rings (SSSR count). The summed E-state index contributed by atoms with van der Waals surface area (Å²) in [7, 11) is 1.44. The Kier molecular flexibility index (Phi) is 53.1. The number of nitrogens with one attached hydrogen (secondary N) is 1. The first-order valence-corrected chi connectivity index (χ1v) is 32.4. The van der Waals surface area contributed by atoms with Crippen molar-refractivity contribution in [2.45, 2.75) is 251 Å². The smallest absolute Gasteiger partial charge is 0.456 e. The second-order valence-electron chi connectivity index (χ2n) is 21.5. The molecule has 3 unspecified atom stereocenters. The van der Waals surface area contributed by atoms with E-state index in [2.05, 4.69) is 135 Å². The lowest BCUT2D eigenvalue weighted by Crippen LogP contribution is -2.47. The van der Waals surface area contributed by atoms with Crippen molar-refractivity contribution in [1.29, 1.82) is 0 Å². The monoisotopic (exact) mass is 1090 g/mol. The topological polar surface area (TPSA) is 111 Å². The SMILES string of the molecule is CC/C=C\C/C=C\C/C=C\C/C=C\C/C=C\C/C=C\CCCCC(=O)OC(/C=C/CCCCCCCCCCC)C(COP(=O)(O)OCC[N+](C)(C)C)NC(=O)CCCCCCCC/C=C\C/C=C\C/C=C\CCCCC. The number of likely N-dealkylation sites (N-methyl/N-ethyl adjacent to an activating group) is 1. The first kappa shape index (κ1) is 73.4. The summed E-state index contributed by atoms with van der Waals surface area (Å²) in [6, 6.07) is -0.882. The number of esters is 1. The van der Waals surface area contributed by atoms with Crippen LogP contribution in [0, 0.1) is 0 Å². The van der Waals surface area contributed by atoms with Gasteiger partial charge in [-0.15, -0.1) is 0 Å². The number of hydrogen-bond acceptors (Lipinski definition) is 6. The maximum absolute atomic E-state index is 13.5.